The summed E-state index contributed by atoms with van der Waals surface area (Å²) in [6.45, 7) is 7.96. The predicted octanol–water partition coefficient (Wildman–Crippen LogP) is 3.47. The number of hydrogen-bond donors (Lipinski definition) is 2. The molecule has 0 saturated heterocycles. The number of halogens is 1. The Kier molecular flexibility index (Phi) is 5.66. The average Bonchev–Trinajstić information content (AvgIpc) is 2.27. The first-order valence-corrected chi connectivity index (χ1v) is 7.05. The summed E-state index contributed by atoms with van der Waals surface area (Å²) in [5.74, 6) is 0.0296. The second kappa shape index (κ2) is 6.78. The van der Waals surface area contributed by atoms with Crippen LogP contribution in [0.25, 0.3) is 0 Å². The number of rotatable bonds is 5. The van der Waals surface area contributed by atoms with Crippen molar-refractivity contribution in [2.75, 3.05) is 5.32 Å². The van der Waals surface area contributed by atoms with Gasteiger partial charge in [0.2, 0.25) is 5.91 Å². The van der Waals surface area contributed by atoms with Gasteiger partial charge in [0.05, 0.1) is 0 Å². The van der Waals surface area contributed by atoms with Crippen molar-refractivity contribution in [1.82, 2.24) is 5.32 Å². The second-order valence-electron chi connectivity index (χ2n) is 4.70. The van der Waals surface area contributed by atoms with Crippen LogP contribution >= 0.6 is 15.9 Å². The highest BCUT2D eigenvalue weighted by atomic mass is 79.9. The number of carbonyl (C=O) groups excluding carboxylic acids is 1. The van der Waals surface area contributed by atoms with Gasteiger partial charge in [0.15, 0.2) is 0 Å². The van der Waals surface area contributed by atoms with Gasteiger partial charge in [0, 0.05) is 16.2 Å². The number of anilines is 1. The fourth-order valence-electron chi connectivity index (χ4n) is 1.61. The molecule has 4 heteroatoms. The lowest BCUT2D eigenvalue weighted by molar-refractivity contribution is -0.122. The van der Waals surface area contributed by atoms with Crippen LogP contribution in [0.2, 0.25) is 0 Å². The lowest BCUT2D eigenvalue weighted by Crippen LogP contribution is -2.41. The Balaban J connectivity index is 2.63. The number of nitrogens with one attached hydrogen (secondary N) is 2. The van der Waals surface area contributed by atoms with Crippen molar-refractivity contribution in [2.24, 2.45) is 0 Å². The number of carbonyl (C=O) groups is 1. The fraction of sp³-hybridized carbons (Fsp3) is 0.500. The zero-order valence-corrected chi connectivity index (χ0v) is 13.0. The molecule has 2 N–H and O–H groups in total. The molecule has 0 aliphatic rings. The SMILES string of the molecule is CCC(C)NC(=O)C(C)Nc1cc(C)cc(Br)c1. The third-order valence-corrected chi connectivity index (χ3v) is 3.28. The van der Waals surface area contributed by atoms with Crippen LogP contribution in [0.4, 0.5) is 5.69 Å². The van der Waals surface area contributed by atoms with E-state index in [9.17, 15) is 4.79 Å². The Hall–Kier alpha value is -1.03. The molecule has 0 bridgehead atoms. The molecule has 18 heavy (non-hydrogen) atoms. The molecular weight excluding hydrogens is 292 g/mol. The van der Waals surface area contributed by atoms with E-state index in [1.165, 1.54) is 0 Å². The summed E-state index contributed by atoms with van der Waals surface area (Å²) in [5, 5.41) is 6.18. The van der Waals surface area contributed by atoms with Gasteiger partial charge in [-0.2, -0.15) is 0 Å². The fourth-order valence-corrected chi connectivity index (χ4v) is 2.21. The van der Waals surface area contributed by atoms with Crippen LogP contribution in [0.15, 0.2) is 22.7 Å². The van der Waals surface area contributed by atoms with Crippen LogP contribution in [0.1, 0.15) is 32.8 Å². The largest absolute Gasteiger partial charge is 0.374 e. The molecule has 2 atom stereocenters. The molecule has 0 aromatic heterocycles. The molecule has 0 heterocycles. The van der Waals surface area contributed by atoms with Gasteiger partial charge >= 0.3 is 0 Å². The molecule has 0 radical (unpaired) electrons. The van der Waals surface area contributed by atoms with E-state index in [1.54, 1.807) is 0 Å². The van der Waals surface area contributed by atoms with Crippen LogP contribution in [-0.4, -0.2) is 18.0 Å². The first-order valence-electron chi connectivity index (χ1n) is 6.26. The van der Waals surface area contributed by atoms with E-state index in [-0.39, 0.29) is 18.0 Å². The molecule has 0 saturated carbocycles. The minimum atomic E-state index is -0.243. The van der Waals surface area contributed by atoms with Gasteiger partial charge in [-0.3, -0.25) is 4.79 Å². The van der Waals surface area contributed by atoms with Crippen LogP contribution in [-0.2, 0) is 4.79 Å². The van der Waals surface area contributed by atoms with E-state index in [0.29, 0.717) is 0 Å². The van der Waals surface area contributed by atoms with E-state index in [1.807, 2.05) is 39.0 Å². The summed E-state index contributed by atoms with van der Waals surface area (Å²) in [7, 11) is 0. The maximum atomic E-state index is 11.9. The molecule has 0 aliphatic carbocycles. The summed E-state index contributed by atoms with van der Waals surface area (Å²) in [5.41, 5.74) is 2.11. The normalized spacial score (nSPS) is 13.8. The molecule has 1 aromatic rings. The van der Waals surface area contributed by atoms with E-state index in [0.717, 1.165) is 22.1 Å². The van der Waals surface area contributed by atoms with Crippen molar-refractivity contribution < 1.29 is 4.79 Å². The minimum Gasteiger partial charge on any atom is -0.374 e. The number of hydrogen-bond acceptors (Lipinski definition) is 2. The Labute approximate surface area is 117 Å². The van der Waals surface area contributed by atoms with Gasteiger partial charge in [-0.15, -0.1) is 0 Å². The summed E-state index contributed by atoms with van der Waals surface area (Å²) < 4.78 is 1.01. The predicted molar refractivity (Wildman–Crippen MR) is 79.9 cm³/mol. The summed E-state index contributed by atoms with van der Waals surface area (Å²) in [6.07, 6.45) is 0.939. The lowest BCUT2D eigenvalue weighted by atomic mass is 10.2. The van der Waals surface area contributed by atoms with Gasteiger partial charge < -0.3 is 10.6 Å². The third kappa shape index (κ3) is 4.69. The molecule has 0 aliphatic heterocycles. The topological polar surface area (TPSA) is 41.1 Å². The summed E-state index contributed by atoms with van der Waals surface area (Å²) in [4.78, 5) is 11.9. The van der Waals surface area contributed by atoms with E-state index in [2.05, 4.69) is 33.5 Å². The van der Waals surface area contributed by atoms with Crippen LogP contribution < -0.4 is 10.6 Å². The van der Waals surface area contributed by atoms with Gasteiger partial charge in [0.25, 0.3) is 0 Å². The Morgan fingerprint density at radius 2 is 2.00 bits per heavy atom. The lowest BCUT2D eigenvalue weighted by Gasteiger charge is -2.18. The number of aryl methyl sites for hydroxylation is 1. The van der Waals surface area contributed by atoms with Gasteiger partial charge in [-0.1, -0.05) is 22.9 Å². The monoisotopic (exact) mass is 312 g/mol. The maximum absolute atomic E-state index is 11.9. The van der Waals surface area contributed by atoms with Crippen molar-refractivity contribution >= 4 is 27.5 Å². The molecule has 100 valence electrons. The smallest absolute Gasteiger partial charge is 0.242 e. The summed E-state index contributed by atoms with van der Waals surface area (Å²) >= 11 is 3.45. The van der Waals surface area contributed by atoms with E-state index < -0.39 is 0 Å². The van der Waals surface area contributed by atoms with Crippen molar-refractivity contribution in [2.45, 2.75) is 46.2 Å². The number of benzene rings is 1. The van der Waals surface area contributed by atoms with Gasteiger partial charge in [0.1, 0.15) is 6.04 Å². The molecule has 3 nitrogen and oxygen atoms in total. The Bertz CT molecular complexity index is 400. The van der Waals surface area contributed by atoms with Crippen LogP contribution in [0, 0.1) is 6.92 Å². The first-order chi connectivity index (χ1) is 8.42. The molecule has 1 aromatic carbocycles. The van der Waals surface area contributed by atoms with Crippen LogP contribution in [0.5, 0.6) is 0 Å². The Morgan fingerprint density at radius 3 is 2.56 bits per heavy atom. The highest BCUT2D eigenvalue weighted by Crippen LogP contribution is 2.19. The molecule has 0 spiro atoms. The van der Waals surface area contributed by atoms with Gasteiger partial charge in [-0.05, 0) is 51.0 Å². The minimum absolute atomic E-state index is 0.0296. The van der Waals surface area contributed by atoms with E-state index in [4.69, 9.17) is 0 Å². The zero-order valence-electron chi connectivity index (χ0n) is 11.4. The zero-order chi connectivity index (χ0) is 13.7. The van der Waals surface area contributed by atoms with Crippen LogP contribution in [0.3, 0.4) is 0 Å². The summed E-state index contributed by atoms with van der Waals surface area (Å²) in [6, 6.07) is 6.01. The quantitative estimate of drug-likeness (QED) is 0.874. The number of amides is 1. The van der Waals surface area contributed by atoms with E-state index >= 15 is 0 Å². The third-order valence-electron chi connectivity index (χ3n) is 2.82. The molecular formula is C14H21BrN2O. The van der Waals surface area contributed by atoms with Crippen molar-refractivity contribution in [1.29, 1.82) is 0 Å². The highest BCUT2D eigenvalue weighted by molar-refractivity contribution is 9.10. The molecule has 2 unspecified atom stereocenters. The standard InChI is InChI=1S/C14H21BrN2O/c1-5-10(3)16-14(18)11(4)17-13-7-9(2)6-12(15)8-13/h6-8,10-11,17H,5H2,1-4H3,(H,16,18). The average molecular weight is 313 g/mol. The van der Waals surface area contributed by atoms with Crippen molar-refractivity contribution in [3.8, 4) is 0 Å². The highest BCUT2D eigenvalue weighted by Gasteiger charge is 2.14. The van der Waals surface area contributed by atoms with Crippen molar-refractivity contribution in [3.63, 3.8) is 0 Å². The molecule has 0 fully saturated rings. The Morgan fingerprint density at radius 1 is 1.33 bits per heavy atom. The maximum Gasteiger partial charge on any atom is 0.242 e. The first kappa shape index (κ1) is 15.0. The second-order valence-corrected chi connectivity index (χ2v) is 5.62. The molecule has 1 rings (SSSR count). The van der Waals surface area contributed by atoms with Gasteiger partial charge in [-0.25, -0.2) is 0 Å². The molecule has 1 amide bonds. The van der Waals surface area contributed by atoms with Crippen molar-refractivity contribution in [3.05, 3.63) is 28.2 Å².